The molecule has 9 heteroatoms. The van der Waals surface area contributed by atoms with Gasteiger partial charge in [-0.1, -0.05) is 6.07 Å². The molecule has 1 aromatic carbocycles. The van der Waals surface area contributed by atoms with E-state index in [1.165, 1.54) is 28.7 Å². The molecule has 1 aliphatic heterocycles. The van der Waals surface area contributed by atoms with Gasteiger partial charge >= 0.3 is 0 Å². The standard InChI is InChI=1S/C16H18FN3O4S/c1-11-2-3-14(13(17)8-11)19-16(21)15-9-12(10-18-15)25(22,23)20-4-6-24-7-5-20/h2-3,8-10,18H,4-7H2,1H3,(H,19,21). The Balaban J connectivity index is 1.77. The van der Waals surface area contributed by atoms with E-state index in [2.05, 4.69) is 10.3 Å². The molecule has 0 unspecified atom stereocenters. The number of hydrogen-bond donors (Lipinski definition) is 2. The molecule has 1 saturated heterocycles. The maximum absolute atomic E-state index is 13.8. The molecule has 1 amide bonds. The lowest BCUT2D eigenvalue weighted by atomic mass is 10.2. The van der Waals surface area contributed by atoms with Crippen LogP contribution in [0.15, 0.2) is 35.4 Å². The van der Waals surface area contributed by atoms with Gasteiger partial charge < -0.3 is 15.0 Å². The number of amides is 1. The zero-order valence-corrected chi connectivity index (χ0v) is 14.4. The van der Waals surface area contributed by atoms with Crippen LogP contribution in [-0.2, 0) is 14.8 Å². The number of sulfonamides is 1. The van der Waals surface area contributed by atoms with E-state index in [4.69, 9.17) is 4.74 Å². The predicted octanol–water partition coefficient (Wildman–Crippen LogP) is 1.74. The molecule has 2 N–H and O–H groups in total. The maximum atomic E-state index is 13.8. The molecule has 0 atom stereocenters. The number of nitrogens with zero attached hydrogens (tertiary/aromatic N) is 1. The Labute approximate surface area is 144 Å². The summed E-state index contributed by atoms with van der Waals surface area (Å²) in [5.74, 6) is -1.17. The quantitative estimate of drug-likeness (QED) is 0.861. The van der Waals surface area contributed by atoms with Crippen LogP contribution in [0, 0.1) is 12.7 Å². The monoisotopic (exact) mass is 367 g/mol. The van der Waals surface area contributed by atoms with Crippen LogP contribution in [0.5, 0.6) is 0 Å². The minimum absolute atomic E-state index is 0.0103. The Hall–Kier alpha value is -2.23. The molecule has 3 rings (SSSR count). The number of carbonyl (C=O) groups excluding carboxylic acids is 1. The number of benzene rings is 1. The maximum Gasteiger partial charge on any atom is 0.272 e. The van der Waals surface area contributed by atoms with Crippen molar-refractivity contribution in [3.8, 4) is 0 Å². The summed E-state index contributed by atoms with van der Waals surface area (Å²) in [7, 11) is -3.69. The average Bonchev–Trinajstić information content (AvgIpc) is 3.09. The number of carbonyl (C=O) groups is 1. The summed E-state index contributed by atoms with van der Waals surface area (Å²) >= 11 is 0. The fourth-order valence-corrected chi connectivity index (χ4v) is 3.90. The zero-order chi connectivity index (χ0) is 18.0. The lowest BCUT2D eigenvalue weighted by Crippen LogP contribution is -2.40. The lowest BCUT2D eigenvalue weighted by molar-refractivity contribution is 0.0730. The van der Waals surface area contributed by atoms with Crippen LogP contribution in [0.3, 0.4) is 0 Å². The van der Waals surface area contributed by atoms with E-state index in [-0.39, 0.29) is 29.4 Å². The van der Waals surface area contributed by atoms with Crippen LogP contribution >= 0.6 is 0 Å². The summed E-state index contributed by atoms with van der Waals surface area (Å²) in [6.07, 6.45) is 1.26. The molecule has 1 aliphatic rings. The van der Waals surface area contributed by atoms with E-state index in [1.54, 1.807) is 13.0 Å². The molecule has 0 aliphatic carbocycles. The summed E-state index contributed by atoms with van der Waals surface area (Å²) in [4.78, 5) is 14.9. The minimum Gasteiger partial charge on any atom is -0.379 e. The highest BCUT2D eigenvalue weighted by atomic mass is 32.2. The van der Waals surface area contributed by atoms with Crippen LogP contribution in [0.2, 0.25) is 0 Å². The summed E-state index contributed by atoms with van der Waals surface area (Å²) in [6, 6.07) is 5.67. The van der Waals surface area contributed by atoms with Crippen molar-refractivity contribution < 1.29 is 22.3 Å². The average molecular weight is 367 g/mol. The molecule has 0 radical (unpaired) electrons. The van der Waals surface area contributed by atoms with Gasteiger partial charge in [0.15, 0.2) is 0 Å². The molecule has 0 spiro atoms. The second kappa shape index (κ2) is 6.95. The summed E-state index contributed by atoms with van der Waals surface area (Å²) in [5.41, 5.74) is 0.795. The number of aromatic nitrogens is 1. The number of H-pyrrole nitrogens is 1. The topological polar surface area (TPSA) is 91.5 Å². The number of aromatic amines is 1. The molecule has 7 nitrogen and oxygen atoms in total. The molecule has 2 aromatic rings. The van der Waals surface area contributed by atoms with Gasteiger partial charge in [0, 0.05) is 19.3 Å². The highest BCUT2D eigenvalue weighted by Crippen LogP contribution is 2.20. The first-order valence-electron chi connectivity index (χ1n) is 7.72. The van der Waals surface area contributed by atoms with E-state index >= 15 is 0 Å². The van der Waals surface area contributed by atoms with Crippen molar-refractivity contribution in [1.29, 1.82) is 0 Å². The molecule has 0 saturated carbocycles. The Morgan fingerprint density at radius 3 is 2.68 bits per heavy atom. The Morgan fingerprint density at radius 1 is 1.28 bits per heavy atom. The first-order valence-corrected chi connectivity index (χ1v) is 9.16. The molecular weight excluding hydrogens is 349 g/mol. The van der Waals surface area contributed by atoms with Gasteiger partial charge in [-0.05, 0) is 30.7 Å². The van der Waals surface area contributed by atoms with Crippen molar-refractivity contribution in [1.82, 2.24) is 9.29 Å². The van der Waals surface area contributed by atoms with Crippen molar-refractivity contribution >= 4 is 21.6 Å². The second-order valence-electron chi connectivity index (χ2n) is 5.70. The summed E-state index contributed by atoms with van der Waals surface area (Å²) in [6.45, 7) is 2.95. The van der Waals surface area contributed by atoms with Gasteiger partial charge in [-0.3, -0.25) is 4.79 Å². The first kappa shape index (κ1) is 17.6. The number of halogens is 1. The van der Waals surface area contributed by atoms with Gasteiger partial charge in [-0.2, -0.15) is 4.31 Å². The van der Waals surface area contributed by atoms with Gasteiger partial charge in [-0.25, -0.2) is 12.8 Å². The largest absolute Gasteiger partial charge is 0.379 e. The van der Waals surface area contributed by atoms with Crippen molar-refractivity contribution in [3.05, 3.63) is 47.5 Å². The fraction of sp³-hybridized carbons (Fsp3) is 0.312. The third kappa shape index (κ3) is 3.73. The highest BCUT2D eigenvalue weighted by Gasteiger charge is 2.28. The number of nitrogens with one attached hydrogen (secondary N) is 2. The highest BCUT2D eigenvalue weighted by molar-refractivity contribution is 7.89. The van der Waals surface area contributed by atoms with Crippen molar-refractivity contribution in [3.63, 3.8) is 0 Å². The third-order valence-electron chi connectivity index (χ3n) is 3.88. The molecular formula is C16H18FN3O4S. The van der Waals surface area contributed by atoms with Gasteiger partial charge in [0.25, 0.3) is 5.91 Å². The molecule has 25 heavy (non-hydrogen) atoms. The number of hydrogen-bond acceptors (Lipinski definition) is 4. The van der Waals surface area contributed by atoms with Crippen LogP contribution in [0.25, 0.3) is 0 Å². The van der Waals surface area contributed by atoms with E-state index in [1.807, 2.05) is 0 Å². The van der Waals surface area contributed by atoms with Crippen LogP contribution < -0.4 is 5.32 Å². The zero-order valence-electron chi connectivity index (χ0n) is 13.6. The minimum atomic E-state index is -3.69. The molecule has 134 valence electrons. The van der Waals surface area contributed by atoms with E-state index in [0.29, 0.717) is 13.2 Å². The molecule has 0 bridgehead atoms. The Bertz CT molecular complexity index is 889. The Kier molecular flexibility index (Phi) is 4.89. The smallest absolute Gasteiger partial charge is 0.272 e. The van der Waals surface area contributed by atoms with E-state index in [9.17, 15) is 17.6 Å². The normalized spacial score (nSPS) is 15.9. The second-order valence-corrected chi connectivity index (χ2v) is 7.64. The van der Waals surface area contributed by atoms with E-state index in [0.717, 1.165) is 5.56 Å². The number of rotatable bonds is 4. The van der Waals surface area contributed by atoms with Crippen molar-refractivity contribution in [2.24, 2.45) is 0 Å². The van der Waals surface area contributed by atoms with Gasteiger partial charge in [0.05, 0.1) is 18.9 Å². The van der Waals surface area contributed by atoms with Crippen LogP contribution in [0.1, 0.15) is 16.1 Å². The van der Waals surface area contributed by atoms with E-state index < -0.39 is 21.7 Å². The number of aryl methyl sites for hydroxylation is 1. The summed E-state index contributed by atoms with van der Waals surface area (Å²) < 4.78 is 45.3. The van der Waals surface area contributed by atoms with Crippen molar-refractivity contribution in [2.45, 2.75) is 11.8 Å². The fourth-order valence-electron chi connectivity index (χ4n) is 2.50. The Morgan fingerprint density at radius 2 is 2.00 bits per heavy atom. The molecule has 2 heterocycles. The number of morpholine rings is 1. The van der Waals surface area contributed by atoms with Crippen molar-refractivity contribution in [2.75, 3.05) is 31.6 Å². The number of anilines is 1. The van der Waals surface area contributed by atoms with Crippen LogP contribution in [0.4, 0.5) is 10.1 Å². The predicted molar refractivity (Wildman–Crippen MR) is 89.5 cm³/mol. The molecule has 1 aromatic heterocycles. The first-order chi connectivity index (χ1) is 11.9. The lowest BCUT2D eigenvalue weighted by Gasteiger charge is -2.25. The summed E-state index contributed by atoms with van der Waals surface area (Å²) in [5, 5.41) is 2.42. The molecule has 1 fully saturated rings. The number of ether oxygens (including phenoxy) is 1. The van der Waals surface area contributed by atoms with Gasteiger partial charge in [-0.15, -0.1) is 0 Å². The van der Waals surface area contributed by atoms with Gasteiger partial charge in [0.1, 0.15) is 16.4 Å². The third-order valence-corrected chi connectivity index (χ3v) is 5.76. The SMILES string of the molecule is Cc1ccc(NC(=O)c2cc(S(=O)(=O)N3CCOCC3)c[nH]2)c(F)c1. The van der Waals surface area contributed by atoms with Crippen LogP contribution in [-0.4, -0.2) is 49.9 Å². The van der Waals surface area contributed by atoms with Gasteiger partial charge in [0.2, 0.25) is 10.0 Å².